The van der Waals surface area contributed by atoms with Crippen LogP contribution in [0.4, 0.5) is 0 Å². The van der Waals surface area contributed by atoms with Gasteiger partial charge in [0.05, 0.1) is 5.60 Å². The van der Waals surface area contributed by atoms with E-state index in [-0.39, 0.29) is 67.9 Å². The molecule has 1 heterocycles. The standard InChI is InChI=1S/C75H138N12O12S/c1-29-31-34-52(17)40-57-66(90)78-55(30-2)69(93)85(27)61(44-100-36-33-32-35-87(42-48(9)10)43-49(11)12)72(96)84(26)60(41-75(20,21)99)67(91)79-62(50(13)14)73(97)80(22)56(37-45(3)4)65(89)76-53(18)64(88)77-54(19)68(92)82(24)58(38-46(5)6)70(94)83(25)59(39-47(7)8)71(95)86(28)63(51(15)16)74(98)81(57)23/h29,31,45-63,99H,30,32-44H2,1-28H3,(H,76,89)(H,77,88)(H,78,90)(H,79,91)/b31-29+/t52-,53+,54-,55+,56+,57+,58+,59+,60+,61-,62+,63+/m1/s1. The third kappa shape index (κ3) is 29.1. The highest BCUT2D eigenvalue weighted by atomic mass is 32.2. The molecular formula is C75H138N12O12S. The predicted octanol–water partition coefficient (Wildman–Crippen LogP) is 6.91. The number of thioether (sulfide) groups is 1. The molecule has 576 valence electrons. The van der Waals surface area contributed by atoms with Crippen molar-refractivity contribution in [3.05, 3.63) is 12.2 Å². The van der Waals surface area contributed by atoms with Crippen LogP contribution in [0.5, 0.6) is 0 Å². The second-order valence-electron chi connectivity index (χ2n) is 32.0. The average molecular weight is 1430 g/mol. The number of rotatable bonds is 26. The Morgan fingerprint density at radius 1 is 0.470 bits per heavy atom. The molecule has 5 N–H and O–H groups in total. The molecule has 1 saturated heterocycles. The maximum atomic E-state index is 15.6. The molecule has 0 spiro atoms. The Bertz CT molecular complexity index is 2670. The molecule has 0 aromatic rings. The summed E-state index contributed by atoms with van der Waals surface area (Å²) in [7, 11) is 10.3. The first-order valence-electron chi connectivity index (χ1n) is 36.9. The van der Waals surface area contributed by atoms with E-state index in [0.29, 0.717) is 24.0 Å². The van der Waals surface area contributed by atoms with Crippen molar-refractivity contribution < 1.29 is 57.8 Å². The summed E-state index contributed by atoms with van der Waals surface area (Å²) in [6.45, 7) is 41.3. The lowest BCUT2D eigenvalue weighted by Crippen LogP contribution is -2.62. The van der Waals surface area contributed by atoms with Gasteiger partial charge in [-0.1, -0.05) is 123 Å². The zero-order valence-corrected chi connectivity index (χ0v) is 67.8. The van der Waals surface area contributed by atoms with Gasteiger partial charge in [0.2, 0.25) is 65.0 Å². The van der Waals surface area contributed by atoms with Crippen molar-refractivity contribution in [2.45, 2.75) is 275 Å². The number of hydrogen-bond acceptors (Lipinski definition) is 14. The minimum Gasteiger partial charge on any atom is -0.390 e. The van der Waals surface area contributed by atoms with Crippen LogP contribution < -0.4 is 21.3 Å². The number of likely N-dealkylation sites (N-methyl/N-ethyl adjacent to an activating group) is 7. The van der Waals surface area contributed by atoms with E-state index in [0.717, 1.165) is 32.5 Å². The van der Waals surface area contributed by atoms with Gasteiger partial charge in [0, 0.05) is 74.6 Å². The molecule has 1 aliphatic heterocycles. The van der Waals surface area contributed by atoms with Gasteiger partial charge in [-0.3, -0.25) is 52.7 Å². The molecule has 25 heteroatoms. The normalized spacial score (nSPS) is 25.4. The summed E-state index contributed by atoms with van der Waals surface area (Å²) in [6, 6.07) is -13.4. The van der Waals surface area contributed by atoms with Gasteiger partial charge in [0.15, 0.2) is 0 Å². The van der Waals surface area contributed by atoms with Crippen molar-refractivity contribution in [3.8, 4) is 0 Å². The average Bonchev–Trinajstić information content (AvgIpc) is 0.803. The Balaban J connectivity index is 4.53. The Kier molecular flexibility index (Phi) is 39.9. The monoisotopic (exact) mass is 1430 g/mol. The molecule has 11 amide bonds. The van der Waals surface area contributed by atoms with Crippen LogP contribution in [0.25, 0.3) is 0 Å². The summed E-state index contributed by atoms with van der Waals surface area (Å²) in [5.41, 5.74) is -1.57. The minimum atomic E-state index is -1.57. The first-order valence-corrected chi connectivity index (χ1v) is 38.1. The maximum Gasteiger partial charge on any atom is 0.246 e. The summed E-state index contributed by atoms with van der Waals surface area (Å²) < 4.78 is 0. The molecule has 24 nitrogen and oxygen atoms in total. The number of unbranched alkanes of at least 4 members (excludes halogenated alkanes) is 1. The molecule has 0 aromatic heterocycles. The number of carbonyl (C=O) groups excluding carboxylic acids is 11. The lowest BCUT2D eigenvalue weighted by Gasteiger charge is -2.41. The molecule has 0 aliphatic carbocycles. The number of carbonyl (C=O) groups is 11. The fraction of sp³-hybridized carbons (Fsp3) is 0.827. The molecule has 0 radical (unpaired) electrons. The van der Waals surface area contributed by atoms with Crippen LogP contribution in [0.1, 0.15) is 203 Å². The van der Waals surface area contributed by atoms with Crippen molar-refractivity contribution in [1.82, 2.24) is 60.5 Å². The summed E-state index contributed by atoms with van der Waals surface area (Å²) in [6.07, 6.45) is 6.46. The Hall–Kier alpha value is -5.82. The third-order valence-corrected chi connectivity index (χ3v) is 19.9. The lowest BCUT2D eigenvalue weighted by molar-refractivity contribution is -0.156. The molecule has 0 bridgehead atoms. The molecule has 0 unspecified atom stereocenters. The minimum absolute atomic E-state index is 0.0629. The third-order valence-electron chi connectivity index (χ3n) is 18.7. The molecule has 1 aliphatic rings. The van der Waals surface area contributed by atoms with E-state index < -0.39 is 149 Å². The number of nitrogens with zero attached hydrogens (tertiary/aromatic N) is 8. The highest BCUT2D eigenvalue weighted by Crippen LogP contribution is 2.27. The first kappa shape index (κ1) is 92.2. The summed E-state index contributed by atoms with van der Waals surface area (Å²) in [5, 5.41) is 22.8. The molecule has 0 saturated carbocycles. The van der Waals surface area contributed by atoms with Crippen LogP contribution in [0, 0.1) is 47.3 Å². The van der Waals surface area contributed by atoms with Crippen LogP contribution in [-0.2, 0) is 52.7 Å². The lowest BCUT2D eigenvalue weighted by atomic mass is 9.93. The van der Waals surface area contributed by atoms with Crippen LogP contribution in [0.3, 0.4) is 0 Å². The first-order chi connectivity index (χ1) is 46.2. The number of nitrogens with one attached hydrogen (secondary N) is 4. The SMILES string of the molecule is C/C=C/C[C@@H](C)C[C@H]1C(=O)N[C@@H](CC)C(=O)N(C)[C@H](CSCCCCN(CC(C)C)CC(C)C)C(=O)N(C)[C@@H](CC(C)(C)O)C(=O)N[C@@H](C(C)C)C(=O)N(C)[C@@H](CC(C)C)C(=O)N[C@@H](C)C(=O)N[C@H](C)C(=O)N(C)[C@@H](CC(C)C)C(=O)N(C)[C@@H](CC(C)C)C(=O)N(C)[C@@H](C(C)C)C(=O)N1C. The Labute approximate surface area is 607 Å². The second-order valence-corrected chi connectivity index (χ2v) is 33.1. The van der Waals surface area contributed by atoms with Gasteiger partial charge < -0.3 is 65.6 Å². The van der Waals surface area contributed by atoms with E-state index in [1.54, 1.807) is 34.6 Å². The van der Waals surface area contributed by atoms with Gasteiger partial charge in [-0.25, -0.2) is 0 Å². The van der Waals surface area contributed by atoms with Crippen molar-refractivity contribution in [2.75, 3.05) is 80.5 Å². The zero-order chi connectivity index (χ0) is 77.3. The fourth-order valence-electron chi connectivity index (χ4n) is 13.0. The number of amides is 11. The number of aliphatic hydroxyl groups is 1. The molecule has 12 atom stereocenters. The van der Waals surface area contributed by atoms with Crippen molar-refractivity contribution >= 4 is 76.7 Å². The Morgan fingerprint density at radius 3 is 1.36 bits per heavy atom. The maximum absolute atomic E-state index is 15.6. The molecular weight excluding hydrogens is 1290 g/mol. The van der Waals surface area contributed by atoms with E-state index in [2.05, 4.69) is 53.9 Å². The highest BCUT2D eigenvalue weighted by molar-refractivity contribution is 7.99. The predicted molar refractivity (Wildman–Crippen MR) is 400 cm³/mol. The Morgan fingerprint density at radius 2 is 0.890 bits per heavy atom. The molecule has 100 heavy (non-hydrogen) atoms. The smallest absolute Gasteiger partial charge is 0.246 e. The molecule has 0 aromatic carbocycles. The van der Waals surface area contributed by atoms with Crippen LogP contribution >= 0.6 is 11.8 Å². The van der Waals surface area contributed by atoms with Gasteiger partial charge in [-0.2, -0.15) is 11.8 Å². The quantitative estimate of drug-likeness (QED) is 0.0435. The van der Waals surface area contributed by atoms with Crippen LogP contribution in [0.15, 0.2) is 12.2 Å². The topological polar surface area (TPSA) is 282 Å². The van der Waals surface area contributed by atoms with Crippen molar-refractivity contribution in [3.63, 3.8) is 0 Å². The largest absolute Gasteiger partial charge is 0.390 e. The van der Waals surface area contributed by atoms with E-state index in [1.165, 1.54) is 123 Å². The van der Waals surface area contributed by atoms with Crippen molar-refractivity contribution in [2.24, 2.45) is 47.3 Å². The number of allylic oxidation sites excluding steroid dienone is 2. The number of hydrogen-bond donors (Lipinski definition) is 5. The van der Waals surface area contributed by atoms with E-state index in [4.69, 9.17) is 0 Å². The van der Waals surface area contributed by atoms with Gasteiger partial charge in [0.25, 0.3) is 0 Å². The molecule has 1 rings (SSSR count). The van der Waals surface area contributed by atoms with Gasteiger partial charge in [0.1, 0.15) is 66.5 Å². The van der Waals surface area contributed by atoms with E-state index in [1.807, 2.05) is 67.5 Å². The van der Waals surface area contributed by atoms with Crippen molar-refractivity contribution in [1.29, 1.82) is 0 Å². The zero-order valence-electron chi connectivity index (χ0n) is 66.9. The van der Waals surface area contributed by atoms with Crippen LogP contribution in [-0.4, -0.2) is 262 Å². The van der Waals surface area contributed by atoms with E-state index >= 15 is 33.6 Å². The van der Waals surface area contributed by atoms with Gasteiger partial charge in [-0.05, 0) is 146 Å². The summed E-state index contributed by atoms with van der Waals surface area (Å²) in [5.74, 6) is -7.19. The second kappa shape index (κ2) is 43.3. The summed E-state index contributed by atoms with van der Waals surface area (Å²) >= 11 is 1.47. The van der Waals surface area contributed by atoms with Gasteiger partial charge in [-0.15, -0.1) is 0 Å². The van der Waals surface area contributed by atoms with E-state index in [9.17, 15) is 24.3 Å². The highest BCUT2D eigenvalue weighted by Gasteiger charge is 2.45. The van der Waals surface area contributed by atoms with Crippen LogP contribution in [0.2, 0.25) is 0 Å². The summed E-state index contributed by atoms with van der Waals surface area (Å²) in [4.78, 5) is 177. The fourth-order valence-corrected chi connectivity index (χ4v) is 14.1. The molecule has 1 fully saturated rings. The van der Waals surface area contributed by atoms with Gasteiger partial charge >= 0.3 is 0 Å².